The molecule has 2 rings (SSSR count). The van der Waals surface area contributed by atoms with Crippen molar-refractivity contribution in [1.29, 1.82) is 0 Å². The second-order valence-electron chi connectivity index (χ2n) is 5.12. The van der Waals surface area contributed by atoms with Gasteiger partial charge in [0.15, 0.2) is 0 Å². The standard InChI is InChI=1S/C13H26N2/c1-2-14-9-6-7-13(8-12-14)15-10-4-3-5-11-15/h13H,2-12H2,1H3/t13-/m0/s1. The predicted molar refractivity (Wildman–Crippen MR) is 65.2 cm³/mol. The first-order valence-electron chi connectivity index (χ1n) is 6.86. The summed E-state index contributed by atoms with van der Waals surface area (Å²) >= 11 is 0. The molecule has 2 nitrogen and oxygen atoms in total. The van der Waals surface area contributed by atoms with E-state index in [0.717, 1.165) is 6.04 Å². The van der Waals surface area contributed by atoms with Gasteiger partial charge in [0, 0.05) is 6.04 Å². The molecule has 0 bridgehead atoms. The number of nitrogens with zero attached hydrogens (tertiary/aromatic N) is 2. The Labute approximate surface area is 94.6 Å². The lowest BCUT2D eigenvalue weighted by Crippen LogP contribution is -2.39. The molecule has 2 heterocycles. The quantitative estimate of drug-likeness (QED) is 0.690. The van der Waals surface area contributed by atoms with Gasteiger partial charge < -0.3 is 9.80 Å². The lowest BCUT2D eigenvalue weighted by molar-refractivity contribution is 0.148. The van der Waals surface area contributed by atoms with Crippen molar-refractivity contribution in [3.8, 4) is 0 Å². The fourth-order valence-corrected chi connectivity index (χ4v) is 3.10. The van der Waals surface area contributed by atoms with Gasteiger partial charge in [0.2, 0.25) is 0 Å². The first kappa shape index (κ1) is 11.4. The topological polar surface area (TPSA) is 6.48 Å². The summed E-state index contributed by atoms with van der Waals surface area (Å²) in [6.45, 7) is 8.94. The molecule has 0 unspecified atom stereocenters. The highest BCUT2D eigenvalue weighted by Gasteiger charge is 2.22. The van der Waals surface area contributed by atoms with Gasteiger partial charge in [0.05, 0.1) is 0 Å². The largest absolute Gasteiger partial charge is 0.304 e. The molecule has 2 aliphatic rings. The Morgan fingerprint density at radius 3 is 2.40 bits per heavy atom. The van der Waals surface area contributed by atoms with Crippen molar-refractivity contribution in [3.63, 3.8) is 0 Å². The van der Waals surface area contributed by atoms with Crippen molar-refractivity contribution in [2.24, 2.45) is 0 Å². The zero-order chi connectivity index (χ0) is 10.5. The SMILES string of the molecule is CCN1CCC[C@H](N2CCCCC2)CC1. The average Bonchev–Trinajstić information content (AvgIpc) is 2.55. The fourth-order valence-electron chi connectivity index (χ4n) is 3.10. The predicted octanol–water partition coefficient (Wildman–Crippen LogP) is 2.35. The van der Waals surface area contributed by atoms with Gasteiger partial charge in [-0.05, 0) is 64.8 Å². The lowest BCUT2D eigenvalue weighted by atomic mass is 10.0. The number of likely N-dealkylation sites (tertiary alicyclic amines) is 2. The minimum absolute atomic E-state index is 0.904. The summed E-state index contributed by atoms with van der Waals surface area (Å²) in [5.41, 5.74) is 0. The molecule has 0 amide bonds. The average molecular weight is 210 g/mol. The molecular weight excluding hydrogens is 184 g/mol. The molecule has 0 aromatic heterocycles. The Kier molecular flexibility index (Phi) is 4.45. The van der Waals surface area contributed by atoms with Crippen LogP contribution in [0.3, 0.4) is 0 Å². The fraction of sp³-hybridized carbons (Fsp3) is 1.00. The summed E-state index contributed by atoms with van der Waals surface area (Å²) < 4.78 is 0. The van der Waals surface area contributed by atoms with Crippen LogP contribution in [0.15, 0.2) is 0 Å². The summed E-state index contributed by atoms with van der Waals surface area (Å²) in [5, 5.41) is 0. The highest BCUT2D eigenvalue weighted by molar-refractivity contribution is 4.79. The van der Waals surface area contributed by atoms with Crippen LogP contribution >= 0.6 is 0 Å². The van der Waals surface area contributed by atoms with E-state index in [9.17, 15) is 0 Å². The Morgan fingerprint density at radius 1 is 0.867 bits per heavy atom. The third-order valence-corrected chi connectivity index (χ3v) is 4.14. The molecule has 2 aliphatic heterocycles. The van der Waals surface area contributed by atoms with E-state index >= 15 is 0 Å². The van der Waals surface area contributed by atoms with Crippen molar-refractivity contribution >= 4 is 0 Å². The molecule has 0 aromatic carbocycles. The lowest BCUT2D eigenvalue weighted by Gasteiger charge is -2.34. The molecule has 0 aliphatic carbocycles. The van der Waals surface area contributed by atoms with E-state index in [1.165, 1.54) is 71.2 Å². The summed E-state index contributed by atoms with van der Waals surface area (Å²) in [6.07, 6.45) is 8.60. The van der Waals surface area contributed by atoms with Crippen LogP contribution in [0.1, 0.15) is 45.4 Å². The first-order chi connectivity index (χ1) is 7.40. The minimum atomic E-state index is 0.904. The van der Waals surface area contributed by atoms with Gasteiger partial charge in [-0.3, -0.25) is 0 Å². The van der Waals surface area contributed by atoms with Crippen LogP contribution in [0.5, 0.6) is 0 Å². The van der Waals surface area contributed by atoms with E-state index in [1.807, 2.05) is 0 Å². The third-order valence-electron chi connectivity index (χ3n) is 4.14. The molecule has 0 spiro atoms. The maximum absolute atomic E-state index is 2.77. The van der Waals surface area contributed by atoms with E-state index < -0.39 is 0 Å². The Hall–Kier alpha value is -0.0800. The molecule has 2 saturated heterocycles. The number of hydrogen-bond acceptors (Lipinski definition) is 2. The number of piperidine rings is 1. The first-order valence-corrected chi connectivity index (χ1v) is 6.86. The normalized spacial score (nSPS) is 31.4. The number of rotatable bonds is 2. The highest BCUT2D eigenvalue weighted by atomic mass is 15.2. The van der Waals surface area contributed by atoms with Crippen molar-refractivity contribution in [3.05, 3.63) is 0 Å². The maximum Gasteiger partial charge on any atom is 0.0108 e. The van der Waals surface area contributed by atoms with E-state index in [-0.39, 0.29) is 0 Å². The van der Waals surface area contributed by atoms with Gasteiger partial charge in [0.25, 0.3) is 0 Å². The van der Waals surface area contributed by atoms with Crippen LogP contribution in [0.25, 0.3) is 0 Å². The summed E-state index contributed by atoms with van der Waals surface area (Å²) in [5.74, 6) is 0. The van der Waals surface area contributed by atoms with Crippen molar-refractivity contribution in [2.45, 2.75) is 51.5 Å². The number of hydrogen-bond donors (Lipinski definition) is 0. The molecule has 0 radical (unpaired) electrons. The zero-order valence-corrected chi connectivity index (χ0v) is 10.2. The van der Waals surface area contributed by atoms with Gasteiger partial charge >= 0.3 is 0 Å². The van der Waals surface area contributed by atoms with Gasteiger partial charge in [0.1, 0.15) is 0 Å². The van der Waals surface area contributed by atoms with Crippen LogP contribution in [0.4, 0.5) is 0 Å². The monoisotopic (exact) mass is 210 g/mol. The Morgan fingerprint density at radius 2 is 1.67 bits per heavy atom. The van der Waals surface area contributed by atoms with Crippen molar-refractivity contribution in [2.75, 3.05) is 32.7 Å². The summed E-state index contributed by atoms with van der Waals surface area (Å²) in [4.78, 5) is 5.38. The van der Waals surface area contributed by atoms with E-state index in [2.05, 4.69) is 16.7 Å². The molecule has 0 saturated carbocycles. The molecular formula is C13H26N2. The molecule has 15 heavy (non-hydrogen) atoms. The Balaban J connectivity index is 1.81. The highest BCUT2D eigenvalue weighted by Crippen LogP contribution is 2.20. The zero-order valence-electron chi connectivity index (χ0n) is 10.2. The van der Waals surface area contributed by atoms with Gasteiger partial charge in [-0.15, -0.1) is 0 Å². The van der Waals surface area contributed by atoms with Crippen molar-refractivity contribution < 1.29 is 0 Å². The molecule has 88 valence electrons. The van der Waals surface area contributed by atoms with Gasteiger partial charge in [-0.2, -0.15) is 0 Å². The molecule has 0 N–H and O–H groups in total. The molecule has 2 heteroatoms. The molecule has 2 fully saturated rings. The van der Waals surface area contributed by atoms with E-state index in [4.69, 9.17) is 0 Å². The van der Waals surface area contributed by atoms with E-state index in [0.29, 0.717) is 0 Å². The van der Waals surface area contributed by atoms with Crippen LogP contribution < -0.4 is 0 Å². The smallest absolute Gasteiger partial charge is 0.0108 e. The van der Waals surface area contributed by atoms with Gasteiger partial charge in [-0.25, -0.2) is 0 Å². The van der Waals surface area contributed by atoms with Crippen LogP contribution in [0, 0.1) is 0 Å². The molecule has 1 atom stereocenters. The van der Waals surface area contributed by atoms with Crippen LogP contribution in [-0.2, 0) is 0 Å². The van der Waals surface area contributed by atoms with Crippen LogP contribution in [-0.4, -0.2) is 48.6 Å². The van der Waals surface area contributed by atoms with E-state index in [1.54, 1.807) is 0 Å². The van der Waals surface area contributed by atoms with Crippen molar-refractivity contribution in [1.82, 2.24) is 9.80 Å². The van der Waals surface area contributed by atoms with Crippen LogP contribution in [0.2, 0.25) is 0 Å². The summed E-state index contributed by atoms with van der Waals surface area (Å²) in [6, 6.07) is 0.904. The summed E-state index contributed by atoms with van der Waals surface area (Å²) in [7, 11) is 0. The third kappa shape index (κ3) is 3.18. The van der Waals surface area contributed by atoms with Gasteiger partial charge in [-0.1, -0.05) is 13.3 Å². The Bertz CT molecular complexity index is 175. The second kappa shape index (κ2) is 5.86. The maximum atomic E-state index is 2.77. The second-order valence-corrected chi connectivity index (χ2v) is 5.12. The minimum Gasteiger partial charge on any atom is -0.304 e. The molecule has 0 aromatic rings.